The fourth-order valence-electron chi connectivity index (χ4n) is 1.94. The van der Waals surface area contributed by atoms with Gasteiger partial charge in [0.1, 0.15) is 0 Å². The highest BCUT2D eigenvalue weighted by Gasteiger charge is 2.25. The maximum Gasteiger partial charge on any atom is 0.0899 e. The minimum atomic E-state index is 0.395. The number of hydrogen-bond acceptors (Lipinski definition) is 2. The van der Waals surface area contributed by atoms with Crippen LogP contribution in [0.1, 0.15) is 26.7 Å². The Balaban J connectivity index is 2.12. The summed E-state index contributed by atoms with van der Waals surface area (Å²) in [6.07, 6.45) is 6.84. The summed E-state index contributed by atoms with van der Waals surface area (Å²) in [5, 5.41) is 0. The molecule has 0 aliphatic carbocycles. The van der Waals surface area contributed by atoms with Gasteiger partial charge < -0.3 is 4.90 Å². The Kier molecular flexibility index (Phi) is 1.91. The third kappa shape index (κ3) is 1.26. The van der Waals surface area contributed by atoms with Crippen LogP contribution in [-0.4, -0.2) is 23.8 Å². The zero-order chi connectivity index (χ0) is 8.55. The van der Waals surface area contributed by atoms with Crippen LogP contribution in [0.3, 0.4) is 0 Å². The molecule has 0 amide bonds. The topological polar surface area (TPSA) is 15.6 Å². The van der Waals surface area contributed by atoms with Gasteiger partial charge in [-0.2, -0.15) is 0 Å². The number of aliphatic imine (C=N–C) groups is 1. The van der Waals surface area contributed by atoms with E-state index in [1.54, 1.807) is 0 Å². The van der Waals surface area contributed by atoms with Gasteiger partial charge in [0.05, 0.1) is 12.4 Å². The lowest BCUT2D eigenvalue weighted by atomic mass is 10.0. The highest BCUT2D eigenvalue weighted by atomic mass is 15.2. The smallest absolute Gasteiger partial charge is 0.0899 e. The zero-order valence-corrected chi connectivity index (χ0v) is 7.83. The van der Waals surface area contributed by atoms with Gasteiger partial charge in [0.2, 0.25) is 0 Å². The molecule has 2 atom stereocenters. The van der Waals surface area contributed by atoms with Crippen LogP contribution in [0.4, 0.5) is 0 Å². The average molecular weight is 164 g/mol. The van der Waals surface area contributed by atoms with E-state index >= 15 is 0 Å². The second-order valence-electron chi connectivity index (χ2n) is 3.79. The SMILES string of the molecule is CCC1CC2=CC(C)N=CN2C1. The molecular weight excluding hydrogens is 148 g/mol. The van der Waals surface area contributed by atoms with Crippen molar-refractivity contribution in [2.45, 2.75) is 32.7 Å². The summed E-state index contributed by atoms with van der Waals surface area (Å²) >= 11 is 0. The molecule has 0 aromatic rings. The van der Waals surface area contributed by atoms with Gasteiger partial charge in [0.15, 0.2) is 0 Å². The minimum absolute atomic E-state index is 0.395. The standard InChI is InChI=1S/C10H16N2/c1-3-9-5-10-4-8(2)11-7-12(10)6-9/h4,7-9H,3,5-6H2,1-2H3. The molecule has 0 bridgehead atoms. The van der Waals surface area contributed by atoms with Gasteiger partial charge >= 0.3 is 0 Å². The van der Waals surface area contributed by atoms with Crippen molar-refractivity contribution < 1.29 is 0 Å². The molecule has 1 saturated heterocycles. The van der Waals surface area contributed by atoms with Crippen LogP contribution in [-0.2, 0) is 0 Å². The van der Waals surface area contributed by atoms with Crippen molar-refractivity contribution in [1.29, 1.82) is 0 Å². The molecule has 0 N–H and O–H groups in total. The summed E-state index contributed by atoms with van der Waals surface area (Å²) in [6.45, 7) is 5.59. The van der Waals surface area contributed by atoms with E-state index in [0.717, 1.165) is 5.92 Å². The zero-order valence-electron chi connectivity index (χ0n) is 7.83. The summed E-state index contributed by atoms with van der Waals surface area (Å²) in [4.78, 5) is 6.67. The molecule has 2 heteroatoms. The maximum atomic E-state index is 4.37. The van der Waals surface area contributed by atoms with Crippen molar-refractivity contribution >= 4 is 6.34 Å². The largest absolute Gasteiger partial charge is 0.336 e. The molecule has 2 heterocycles. The van der Waals surface area contributed by atoms with Gasteiger partial charge in [-0.1, -0.05) is 13.3 Å². The van der Waals surface area contributed by atoms with Crippen LogP contribution >= 0.6 is 0 Å². The van der Waals surface area contributed by atoms with Gasteiger partial charge in [-0.15, -0.1) is 0 Å². The van der Waals surface area contributed by atoms with Gasteiger partial charge in [-0.25, -0.2) is 0 Å². The first-order valence-corrected chi connectivity index (χ1v) is 4.80. The summed E-state index contributed by atoms with van der Waals surface area (Å²) < 4.78 is 0. The Hall–Kier alpha value is -0.790. The van der Waals surface area contributed by atoms with Crippen LogP contribution < -0.4 is 0 Å². The normalized spacial score (nSPS) is 33.5. The Bertz CT molecular complexity index is 230. The molecule has 0 aromatic heterocycles. The van der Waals surface area contributed by atoms with Crippen molar-refractivity contribution in [2.24, 2.45) is 10.9 Å². The lowest BCUT2D eigenvalue weighted by Crippen LogP contribution is -2.22. The number of hydrogen-bond donors (Lipinski definition) is 0. The number of allylic oxidation sites excluding steroid dienone is 1. The van der Waals surface area contributed by atoms with E-state index in [9.17, 15) is 0 Å². The van der Waals surface area contributed by atoms with E-state index in [1.165, 1.54) is 25.1 Å². The van der Waals surface area contributed by atoms with Crippen molar-refractivity contribution in [2.75, 3.05) is 6.54 Å². The first-order valence-electron chi connectivity index (χ1n) is 4.80. The van der Waals surface area contributed by atoms with Gasteiger partial charge in [-0.3, -0.25) is 4.99 Å². The lowest BCUT2D eigenvalue weighted by molar-refractivity contribution is 0.492. The number of nitrogens with zero attached hydrogens (tertiary/aromatic N) is 2. The highest BCUT2D eigenvalue weighted by Crippen LogP contribution is 2.29. The van der Waals surface area contributed by atoms with Gasteiger partial charge in [0, 0.05) is 12.2 Å². The number of fused-ring (bicyclic) bond motifs is 1. The molecule has 66 valence electrons. The van der Waals surface area contributed by atoms with Gasteiger partial charge in [0.25, 0.3) is 0 Å². The predicted molar refractivity (Wildman–Crippen MR) is 51.1 cm³/mol. The highest BCUT2D eigenvalue weighted by molar-refractivity contribution is 5.61. The lowest BCUT2D eigenvalue weighted by Gasteiger charge is -2.19. The first-order chi connectivity index (χ1) is 5.79. The summed E-state index contributed by atoms with van der Waals surface area (Å²) in [6, 6.07) is 0.395. The van der Waals surface area contributed by atoms with E-state index in [0.29, 0.717) is 6.04 Å². The van der Waals surface area contributed by atoms with Crippen molar-refractivity contribution in [3.05, 3.63) is 11.8 Å². The minimum Gasteiger partial charge on any atom is -0.336 e. The molecule has 2 aliphatic rings. The fraction of sp³-hybridized carbons (Fsp3) is 0.700. The van der Waals surface area contributed by atoms with Crippen LogP contribution in [0, 0.1) is 5.92 Å². The van der Waals surface area contributed by atoms with Crippen molar-refractivity contribution in [3.8, 4) is 0 Å². The number of rotatable bonds is 1. The molecule has 0 spiro atoms. The van der Waals surface area contributed by atoms with Gasteiger partial charge in [-0.05, 0) is 25.3 Å². The van der Waals surface area contributed by atoms with Crippen LogP contribution in [0.5, 0.6) is 0 Å². The van der Waals surface area contributed by atoms with E-state index in [2.05, 4.69) is 29.8 Å². The summed E-state index contributed by atoms with van der Waals surface area (Å²) in [7, 11) is 0. The third-order valence-corrected chi connectivity index (χ3v) is 2.77. The maximum absolute atomic E-state index is 4.37. The van der Waals surface area contributed by atoms with Crippen LogP contribution in [0.25, 0.3) is 0 Å². The van der Waals surface area contributed by atoms with Crippen LogP contribution in [0.15, 0.2) is 16.8 Å². The second-order valence-corrected chi connectivity index (χ2v) is 3.79. The van der Waals surface area contributed by atoms with E-state index < -0.39 is 0 Å². The Morgan fingerprint density at radius 3 is 3.25 bits per heavy atom. The first kappa shape index (κ1) is 7.84. The third-order valence-electron chi connectivity index (χ3n) is 2.77. The fourth-order valence-corrected chi connectivity index (χ4v) is 1.94. The Labute approximate surface area is 74.0 Å². The molecular formula is C10H16N2. The average Bonchev–Trinajstić information content (AvgIpc) is 2.46. The van der Waals surface area contributed by atoms with Crippen LogP contribution in [0.2, 0.25) is 0 Å². The van der Waals surface area contributed by atoms with Crippen molar-refractivity contribution in [1.82, 2.24) is 4.90 Å². The molecule has 2 nitrogen and oxygen atoms in total. The monoisotopic (exact) mass is 164 g/mol. The van der Waals surface area contributed by atoms with E-state index in [-0.39, 0.29) is 0 Å². The molecule has 0 aromatic carbocycles. The molecule has 12 heavy (non-hydrogen) atoms. The predicted octanol–water partition coefficient (Wildman–Crippen LogP) is 2.03. The quantitative estimate of drug-likeness (QED) is 0.579. The molecule has 0 saturated carbocycles. The molecule has 1 fully saturated rings. The van der Waals surface area contributed by atoms with Crippen molar-refractivity contribution in [3.63, 3.8) is 0 Å². The Morgan fingerprint density at radius 1 is 1.67 bits per heavy atom. The summed E-state index contributed by atoms with van der Waals surface area (Å²) in [5.41, 5.74) is 1.49. The van der Waals surface area contributed by atoms with E-state index in [4.69, 9.17) is 0 Å². The molecule has 2 aliphatic heterocycles. The Morgan fingerprint density at radius 2 is 2.50 bits per heavy atom. The molecule has 0 radical (unpaired) electrons. The molecule has 2 rings (SSSR count). The second kappa shape index (κ2) is 2.92. The molecule has 2 unspecified atom stereocenters. The summed E-state index contributed by atoms with van der Waals surface area (Å²) in [5.74, 6) is 0.855. The van der Waals surface area contributed by atoms with E-state index in [1.807, 2.05) is 6.34 Å².